The Morgan fingerprint density at radius 3 is 2.42 bits per heavy atom. The van der Waals surface area contributed by atoms with E-state index < -0.39 is 0 Å². The van der Waals surface area contributed by atoms with Crippen molar-refractivity contribution in [1.29, 1.82) is 0 Å². The predicted octanol–water partition coefficient (Wildman–Crippen LogP) is 6.54. The van der Waals surface area contributed by atoms with Crippen LogP contribution < -0.4 is 5.32 Å². The quantitative estimate of drug-likeness (QED) is 0.561. The van der Waals surface area contributed by atoms with Crippen LogP contribution in [0.1, 0.15) is 24.9 Å². The van der Waals surface area contributed by atoms with Gasteiger partial charge in [0, 0.05) is 13.4 Å². The third-order valence-electron chi connectivity index (χ3n) is 2.92. The molecule has 2 aromatic rings. The van der Waals surface area contributed by atoms with Gasteiger partial charge < -0.3 is 5.32 Å². The monoisotopic (exact) mass is 445 g/mol. The van der Waals surface area contributed by atoms with Crippen LogP contribution in [0.5, 0.6) is 0 Å². The minimum absolute atomic E-state index is 0.295. The van der Waals surface area contributed by atoms with Crippen molar-refractivity contribution < 1.29 is 0 Å². The van der Waals surface area contributed by atoms with Gasteiger partial charge in [0.25, 0.3) is 0 Å². The zero-order chi connectivity index (χ0) is 13.8. The van der Waals surface area contributed by atoms with E-state index in [1.807, 2.05) is 18.2 Å². The zero-order valence-electron chi connectivity index (χ0n) is 10.5. The first kappa shape index (κ1) is 15.1. The summed E-state index contributed by atoms with van der Waals surface area (Å²) in [7, 11) is 0. The van der Waals surface area contributed by atoms with E-state index in [0.29, 0.717) is 6.04 Å². The molecule has 0 bridgehead atoms. The molecular weight excluding hydrogens is 434 g/mol. The summed E-state index contributed by atoms with van der Waals surface area (Å²) in [5.74, 6) is 0. The van der Waals surface area contributed by atoms with Crippen LogP contribution in [0.2, 0.25) is 0 Å². The van der Waals surface area contributed by atoms with Gasteiger partial charge in [-0.3, -0.25) is 0 Å². The highest BCUT2D eigenvalue weighted by Crippen LogP contribution is 2.31. The van der Waals surface area contributed by atoms with Crippen molar-refractivity contribution in [2.75, 3.05) is 5.32 Å². The largest absolute Gasteiger partial charge is 0.377 e. The minimum Gasteiger partial charge on any atom is -0.377 e. The lowest BCUT2D eigenvalue weighted by atomic mass is 10.0. The predicted molar refractivity (Wildman–Crippen MR) is 92.6 cm³/mol. The Morgan fingerprint density at radius 1 is 1.00 bits per heavy atom. The summed E-state index contributed by atoms with van der Waals surface area (Å²) >= 11 is 10.6. The van der Waals surface area contributed by atoms with E-state index in [9.17, 15) is 0 Å². The number of hydrogen-bond acceptors (Lipinski definition) is 1. The van der Waals surface area contributed by atoms with Crippen molar-refractivity contribution in [3.8, 4) is 0 Å². The lowest BCUT2D eigenvalue weighted by Gasteiger charge is -2.20. The maximum absolute atomic E-state index is 3.58. The fourth-order valence-electron chi connectivity index (χ4n) is 1.94. The molecule has 0 radical (unpaired) electrons. The van der Waals surface area contributed by atoms with Crippen LogP contribution >= 0.6 is 47.8 Å². The first-order chi connectivity index (χ1) is 9.10. The first-order valence-electron chi connectivity index (χ1n) is 6.07. The summed E-state index contributed by atoms with van der Waals surface area (Å²) in [5, 5.41) is 3.58. The molecule has 0 saturated carbocycles. The summed E-state index contributed by atoms with van der Waals surface area (Å²) in [6.07, 6.45) is 1.02. The maximum Gasteiger partial charge on any atom is 0.0512 e. The highest BCUT2D eigenvalue weighted by molar-refractivity contribution is 9.11. The highest BCUT2D eigenvalue weighted by atomic mass is 79.9. The fourth-order valence-corrected chi connectivity index (χ4v) is 3.08. The molecule has 4 heteroatoms. The number of rotatable bonds is 4. The van der Waals surface area contributed by atoms with Gasteiger partial charge in [-0.15, -0.1) is 0 Å². The smallest absolute Gasteiger partial charge is 0.0512 e. The summed E-state index contributed by atoms with van der Waals surface area (Å²) in [4.78, 5) is 0. The average molecular weight is 448 g/mol. The van der Waals surface area contributed by atoms with Crippen molar-refractivity contribution >= 4 is 53.5 Å². The average Bonchev–Trinajstić information content (AvgIpc) is 2.39. The van der Waals surface area contributed by atoms with Crippen LogP contribution in [0.3, 0.4) is 0 Å². The van der Waals surface area contributed by atoms with E-state index in [0.717, 1.165) is 25.5 Å². The summed E-state index contributed by atoms with van der Waals surface area (Å²) < 4.78 is 3.25. The minimum atomic E-state index is 0.295. The molecule has 0 heterocycles. The molecule has 19 heavy (non-hydrogen) atoms. The summed E-state index contributed by atoms with van der Waals surface area (Å²) in [6, 6.07) is 14.9. The molecule has 1 unspecified atom stereocenters. The molecule has 0 aliphatic rings. The number of benzene rings is 2. The molecule has 0 spiro atoms. The van der Waals surface area contributed by atoms with E-state index in [1.54, 1.807) is 0 Å². The third kappa shape index (κ3) is 4.07. The van der Waals surface area contributed by atoms with Gasteiger partial charge in [-0.25, -0.2) is 0 Å². The van der Waals surface area contributed by atoms with Gasteiger partial charge in [-0.2, -0.15) is 0 Å². The van der Waals surface area contributed by atoms with Crippen LogP contribution in [0.25, 0.3) is 0 Å². The van der Waals surface area contributed by atoms with E-state index in [-0.39, 0.29) is 0 Å². The molecule has 1 atom stereocenters. The van der Waals surface area contributed by atoms with Crippen molar-refractivity contribution in [3.63, 3.8) is 0 Å². The second kappa shape index (κ2) is 6.91. The Kier molecular flexibility index (Phi) is 5.48. The standard InChI is InChI=1S/C15H14Br3N/c1-2-14(10-4-3-5-11(16)8-10)19-15-9-12(17)6-7-13(15)18/h3-9,14,19H,2H2,1H3. The van der Waals surface area contributed by atoms with Crippen LogP contribution in [0.15, 0.2) is 55.9 Å². The molecular formula is C15H14Br3N. The van der Waals surface area contributed by atoms with Gasteiger partial charge in [-0.05, 0) is 58.2 Å². The van der Waals surface area contributed by atoms with Gasteiger partial charge >= 0.3 is 0 Å². The molecule has 0 aromatic heterocycles. The lowest BCUT2D eigenvalue weighted by Crippen LogP contribution is -2.10. The third-order valence-corrected chi connectivity index (χ3v) is 4.60. The Labute approximate surface area is 139 Å². The summed E-state index contributed by atoms with van der Waals surface area (Å²) in [5.41, 5.74) is 2.38. The normalized spacial score (nSPS) is 12.2. The van der Waals surface area contributed by atoms with Crippen molar-refractivity contribution in [3.05, 3.63) is 61.4 Å². The van der Waals surface area contributed by atoms with Gasteiger partial charge in [0.2, 0.25) is 0 Å². The topological polar surface area (TPSA) is 12.0 Å². The summed E-state index contributed by atoms with van der Waals surface area (Å²) in [6.45, 7) is 2.18. The number of anilines is 1. The Balaban J connectivity index is 2.26. The maximum atomic E-state index is 3.58. The molecule has 0 fully saturated rings. The molecule has 0 aliphatic heterocycles. The Morgan fingerprint density at radius 2 is 1.74 bits per heavy atom. The second-order valence-electron chi connectivity index (χ2n) is 4.28. The molecule has 100 valence electrons. The molecule has 1 nitrogen and oxygen atoms in total. The van der Waals surface area contributed by atoms with E-state index in [2.05, 4.69) is 84.3 Å². The lowest BCUT2D eigenvalue weighted by molar-refractivity contribution is 0.748. The van der Waals surface area contributed by atoms with Crippen LogP contribution in [-0.2, 0) is 0 Å². The van der Waals surface area contributed by atoms with E-state index >= 15 is 0 Å². The molecule has 2 rings (SSSR count). The van der Waals surface area contributed by atoms with Gasteiger partial charge in [-0.1, -0.05) is 50.9 Å². The van der Waals surface area contributed by atoms with Crippen LogP contribution in [0.4, 0.5) is 5.69 Å². The molecule has 2 aromatic carbocycles. The van der Waals surface area contributed by atoms with Crippen LogP contribution in [0, 0.1) is 0 Å². The molecule has 0 amide bonds. The van der Waals surface area contributed by atoms with E-state index in [1.165, 1.54) is 5.56 Å². The van der Waals surface area contributed by atoms with E-state index in [4.69, 9.17) is 0 Å². The molecule has 0 saturated heterocycles. The van der Waals surface area contributed by atoms with Crippen molar-refractivity contribution in [1.82, 2.24) is 0 Å². The number of halogens is 3. The van der Waals surface area contributed by atoms with Gasteiger partial charge in [0.05, 0.1) is 11.7 Å². The number of hydrogen-bond donors (Lipinski definition) is 1. The fraction of sp³-hybridized carbons (Fsp3) is 0.200. The SMILES string of the molecule is CCC(Nc1cc(Br)ccc1Br)c1cccc(Br)c1. The molecule has 0 aliphatic carbocycles. The number of nitrogens with one attached hydrogen (secondary N) is 1. The van der Waals surface area contributed by atoms with Gasteiger partial charge in [0.15, 0.2) is 0 Å². The first-order valence-corrected chi connectivity index (χ1v) is 8.45. The zero-order valence-corrected chi connectivity index (χ0v) is 15.2. The van der Waals surface area contributed by atoms with Crippen molar-refractivity contribution in [2.45, 2.75) is 19.4 Å². The Hall–Kier alpha value is -0.320. The second-order valence-corrected chi connectivity index (χ2v) is 6.97. The van der Waals surface area contributed by atoms with Crippen LogP contribution in [-0.4, -0.2) is 0 Å². The van der Waals surface area contributed by atoms with Gasteiger partial charge in [0.1, 0.15) is 0 Å². The highest BCUT2D eigenvalue weighted by Gasteiger charge is 2.11. The Bertz CT molecular complexity index is 569. The molecule has 1 N–H and O–H groups in total. The van der Waals surface area contributed by atoms with Crippen molar-refractivity contribution in [2.24, 2.45) is 0 Å².